The van der Waals surface area contributed by atoms with Crippen LogP contribution < -0.4 is 10.1 Å². The number of nitrogens with one attached hydrogen (secondary N) is 1. The predicted octanol–water partition coefficient (Wildman–Crippen LogP) is 2.34. The molecule has 0 saturated heterocycles. The molecule has 1 atom stereocenters. The number of allylic oxidation sites excluding steroid dienone is 2. The minimum absolute atomic E-state index is 0.0444. The van der Waals surface area contributed by atoms with E-state index in [4.69, 9.17) is 4.74 Å². The lowest BCUT2D eigenvalue weighted by Crippen LogP contribution is -2.41. The molecule has 0 fully saturated rings. The van der Waals surface area contributed by atoms with Gasteiger partial charge in [0.15, 0.2) is 5.78 Å². The first-order valence-corrected chi connectivity index (χ1v) is 8.23. The molecule has 1 aromatic heterocycles. The number of fused-ring (bicyclic) bond motifs is 1. The molecule has 6 heteroatoms. The first kappa shape index (κ1) is 16.2. The van der Waals surface area contributed by atoms with Gasteiger partial charge in [-0.25, -0.2) is 0 Å². The number of aryl methyl sites for hydroxylation is 1. The van der Waals surface area contributed by atoms with E-state index in [9.17, 15) is 14.4 Å². The van der Waals surface area contributed by atoms with E-state index in [2.05, 4.69) is 10.3 Å². The molecule has 1 aliphatic carbocycles. The summed E-state index contributed by atoms with van der Waals surface area (Å²) in [7, 11) is 1.55. The lowest BCUT2D eigenvalue weighted by molar-refractivity contribution is -0.121. The third kappa shape index (κ3) is 2.42. The first-order valence-electron chi connectivity index (χ1n) is 8.23. The number of methoxy groups -OCH3 is 1. The zero-order chi connectivity index (χ0) is 18.4. The van der Waals surface area contributed by atoms with Crippen LogP contribution in [-0.2, 0) is 4.79 Å². The van der Waals surface area contributed by atoms with Crippen molar-refractivity contribution in [2.45, 2.75) is 19.3 Å². The minimum atomic E-state index is -0.501. The fraction of sp³-hybridized carbons (Fsp3) is 0.200. The molecular formula is C20H16N2O4. The van der Waals surface area contributed by atoms with Crippen LogP contribution in [0.5, 0.6) is 5.75 Å². The Balaban J connectivity index is 1.90. The molecule has 1 aliphatic heterocycles. The topological polar surface area (TPSA) is 85.4 Å². The highest BCUT2D eigenvalue weighted by molar-refractivity contribution is 6.28. The van der Waals surface area contributed by atoms with Crippen molar-refractivity contribution in [2.24, 2.45) is 0 Å². The maximum Gasteiger partial charge on any atom is 0.228 e. The lowest BCUT2D eigenvalue weighted by atomic mass is 9.76. The highest BCUT2D eigenvalue weighted by Crippen LogP contribution is 2.39. The van der Waals surface area contributed by atoms with Crippen LogP contribution >= 0.6 is 0 Å². The highest BCUT2D eigenvalue weighted by atomic mass is 16.5. The smallest absolute Gasteiger partial charge is 0.228 e. The molecule has 1 N–H and O–H groups in total. The van der Waals surface area contributed by atoms with Gasteiger partial charge >= 0.3 is 0 Å². The number of benzene rings is 1. The zero-order valence-electron chi connectivity index (χ0n) is 14.3. The molecule has 1 amide bonds. The molecule has 0 spiro atoms. The number of pyridine rings is 1. The third-order valence-corrected chi connectivity index (χ3v) is 4.72. The van der Waals surface area contributed by atoms with Crippen molar-refractivity contribution in [3.05, 3.63) is 70.2 Å². The molecule has 130 valence electrons. The minimum Gasteiger partial charge on any atom is -0.497 e. The van der Waals surface area contributed by atoms with Crippen molar-refractivity contribution >= 4 is 17.5 Å². The van der Waals surface area contributed by atoms with Crippen LogP contribution in [-0.4, -0.2) is 29.6 Å². The van der Waals surface area contributed by atoms with Crippen LogP contribution in [0.1, 0.15) is 44.3 Å². The van der Waals surface area contributed by atoms with Crippen LogP contribution in [0.4, 0.5) is 0 Å². The van der Waals surface area contributed by atoms with Gasteiger partial charge in [-0.05, 0) is 36.2 Å². The number of aromatic nitrogens is 1. The van der Waals surface area contributed by atoms with Gasteiger partial charge in [0.25, 0.3) is 0 Å². The molecule has 0 bridgehead atoms. The summed E-state index contributed by atoms with van der Waals surface area (Å²) in [6.07, 6.45) is 1.64. The Kier molecular flexibility index (Phi) is 3.68. The van der Waals surface area contributed by atoms with E-state index in [0.717, 1.165) is 11.1 Å². The van der Waals surface area contributed by atoms with E-state index in [0.29, 0.717) is 11.3 Å². The Hall–Kier alpha value is -3.28. The summed E-state index contributed by atoms with van der Waals surface area (Å²) in [5, 5.41) is 2.58. The van der Waals surface area contributed by atoms with Crippen LogP contribution in [0.2, 0.25) is 0 Å². The van der Waals surface area contributed by atoms with Gasteiger partial charge in [-0.3, -0.25) is 19.4 Å². The molecule has 0 saturated carbocycles. The largest absolute Gasteiger partial charge is 0.497 e. The Labute approximate surface area is 149 Å². The van der Waals surface area contributed by atoms with Crippen LogP contribution in [0.15, 0.2) is 47.8 Å². The van der Waals surface area contributed by atoms with Crippen LogP contribution in [0.25, 0.3) is 0 Å². The average molecular weight is 348 g/mol. The number of nitrogens with zero attached hydrogens (tertiary/aromatic N) is 1. The number of ketones is 2. The maximum atomic E-state index is 13.2. The summed E-state index contributed by atoms with van der Waals surface area (Å²) in [6, 6.07) is 8.88. The average Bonchev–Trinajstić information content (AvgIpc) is 2.65. The molecule has 2 aromatic rings. The Bertz CT molecular complexity index is 1010. The van der Waals surface area contributed by atoms with Gasteiger partial charge in [0.1, 0.15) is 11.4 Å². The van der Waals surface area contributed by atoms with Crippen molar-refractivity contribution in [1.82, 2.24) is 10.3 Å². The number of hydrogen-bond donors (Lipinski definition) is 1. The van der Waals surface area contributed by atoms with Gasteiger partial charge in [0, 0.05) is 24.1 Å². The molecule has 4 rings (SSSR count). The standard InChI is InChI=1S/C20H16N2O4/c1-10-6-14-17(21-9-10)20(25)18-16(19(14)24)13(8-15(23)22-18)11-4-3-5-12(7-11)26-2/h3-7,9,13H,8H2,1-2H3,(H,22,23). The highest BCUT2D eigenvalue weighted by Gasteiger charge is 2.41. The number of hydrogen-bond acceptors (Lipinski definition) is 5. The summed E-state index contributed by atoms with van der Waals surface area (Å²) in [6.45, 7) is 1.82. The molecule has 2 aliphatic rings. The lowest BCUT2D eigenvalue weighted by Gasteiger charge is -2.30. The van der Waals surface area contributed by atoms with Gasteiger partial charge < -0.3 is 10.1 Å². The summed E-state index contributed by atoms with van der Waals surface area (Å²) < 4.78 is 5.25. The second-order valence-corrected chi connectivity index (χ2v) is 6.44. The normalized spacial score (nSPS) is 19.0. The van der Waals surface area contributed by atoms with Crippen molar-refractivity contribution in [2.75, 3.05) is 7.11 Å². The number of carbonyl (C=O) groups excluding carboxylic acids is 3. The number of Topliss-reactive ketones (excluding diaryl/α,β-unsaturated/α-hetero) is 2. The SMILES string of the molecule is COc1cccc(C2CC(=O)NC3=C2C(=O)c2cc(C)cnc2C3=O)c1. The second kappa shape index (κ2) is 5.91. The monoisotopic (exact) mass is 348 g/mol. The molecule has 1 unspecified atom stereocenters. The maximum absolute atomic E-state index is 13.2. The van der Waals surface area contributed by atoms with Crippen LogP contribution in [0.3, 0.4) is 0 Å². The summed E-state index contributed by atoms with van der Waals surface area (Å²) in [5.41, 5.74) is 2.30. The molecular weight excluding hydrogens is 332 g/mol. The van der Waals surface area contributed by atoms with Gasteiger partial charge in [-0.2, -0.15) is 0 Å². The van der Waals surface area contributed by atoms with E-state index < -0.39 is 11.7 Å². The number of rotatable bonds is 2. The molecule has 26 heavy (non-hydrogen) atoms. The number of carbonyl (C=O) groups is 3. The van der Waals surface area contributed by atoms with Gasteiger partial charge in [-0.15, -0.1) is 0 Å². The number of amides is 1. The summed E-state index contributed by atoms with van der Waals surface area (Å²) in [4.78, 5) is 42.3. The Morgan fingerprint density at radius 2 is 1.96 bits per heavy atom. The quantitative estimate of drug-likeness (QED) is 0.900. The molecule has 1 aromatic carbocycles. The fourth-order valence-electron chi connectivity index (χ4n) is 3.50. The Morgan fingerprint density at radius 1 is 1.15 bits per heavy atom. The Morgan fingerprint density at radius 3 is 2.73 bits per heavy atom. The molecule has 0 radical (unpaired) electrons. The van der Waals surface area contributed by atoms with Crippen molar-refractivity contribution in [3.63, 3.8) is 0 Å². The zero-order valence-corrected chi connectivity index (χ0v) is 14.3. The fourth-order valence-corrected chi connectivity index (χ4v) is 3.50. The molecule has 6 nitrogen and oxygen atoms in total. The van der Waals surface area contributed by atoms with Crippen molar-refractivity contribution in [3.8, 4) is 5.75 Å². The number of ether oxygens (including phenoxy) is 1. The first-order chi connectivity index (χ1) is 12.5. The van der Waals surface area contributed by atoms with Gasteiger partial charge in [0.05, 0.1) is 18.4 Å². The predicted molar refractivity (Wildman–Crippen MR) is 93.2 cm³/mol. The summed E-state index contributed by atoms with van der Waals surface area (Å²) in [5.74, 6) is -0.857. The van der Waals surface area contributed by atoms with Gasteiger partial charge in [0.2, 0.25) is 11.7 Å². The van der Waals surface area contributed by atoms with E-state index in [1.807, 2.05) is 13.0 Å². The van der Waals surface area contributed by atoms with Crippen molar-refractivity contribution < 1.29 is 19.1 Å². The van der Waals surface area contributed by atoms with Crippen LogP contribution in [0, 0.1) is 6.92 Å². The van der Waals surface area contributed by atoms with Crippen molar-refractivity contribution in [1.29, 1.82) is 0 Å². The molecule has 2 heterocycles. The van der Waals surface area contributed by atoms with E-state index in [1.54, 1.807) is 37.6 Å². The van der Waals surface area contributed by atoms with E-state index >= 15 is 0 Å². The van der Waals surface area contributed by atoms with Gasteiger partial charge in [-0.1, -0.05) is 12.1 Å². The second-order valence-electron chi connectivity index (χ2n) is 6.44. The summed E-state index contributed by atoms with van der Waals surface area (Å²) >= 11 is 0. The van der Waals surface area contributed by atoms with E-state index in [-0.39, 0.29) is 35.1 Å². The van der Waals surface area contributed by atoms with E-state index in [1.165, 1.54) is 0 Å². The third-order valence-electron chi connectivity index (χ3n) is 4.72.